The molecule has 0 aliphatic carbocycles. The number of fused-ring (bicyclic) bond motifs is 2. The number of ketones is 1. The van der Waals surface area contributed by atoms with E-state index in [4.69, 9.17) is 14.2 Å². The Morgan fingerprint density at radius 3 is 2.10 bits per heavy atom. The monoisotopic (exact) mass is 423 g/mol. The smallest absolute Gasteiger partial charge is 0.410 e. The quantitative estimate of drug-likeness (QED) is 0.661. The molecule has 2 heterocycles. The van der Waals surface area contributed by atoms with Gasteiger partial charge in [-0.25, -0.2) is 4.79 Å². The van der Waals surface area contributed by atoms with Gasteiger partial charge in [-0.1, -0.05) is 30.3 Å². The molecule has 2 aromatic carbocycles. The normalized spacial score (nSPS) is 22.1. The molecule has 2 saturated heterocycles. The number of rotatable bonds is 7. The second-order valence-electron chi connectivity index (χ2n) is 8.36. The summed E-state index contributed by atoms with van der Waals surface area (Å²) >= 11 is 0. The highest BCUT2D eigenvalue weighted by Crippen LogP contribution is 2.40. The Morgan fingerprint density at radius 1 is 0.903 bits per heavy atom. The lowest BCUT2D eigenvalue weighted by Crippen LogP contribution is -2.48. The topological polar surface area (TPSA) is 65.1 Å². The number of hydrogen-bond acceptors (Lipinski definition) is 5. The van der Waals surface area contributed by atoms with E-state index in [2.05, 4.69) is 0 Å². The molecule has 2 aliphatic rings. The Balaban J connectivity index is 1.36. The van der Waals surface area contributed by atoms with E-state index in [1.807, 2.05) is 47.4 Å². The van der Waals surface area contributed by atoms with Crippen molar-refractivity contribution in [2.24, 2.45) is 5.92 Å². The van der Waals surface area contributed by atoms with Crippen molar-refractivity contribution in [1.82, 2.24) is 4.90 Å². The molecule has 4 rings (SSSR count). The van der Waals surface area contributed by atoms with E-state index in [9.17, 15) is 9.59 Å². The number of carbonyl (C=O) groups is 2. The van der Waals surface area contributed by atoms with E-state index in [1.54, 1.807) is 20.3 Å². The summed E-state index contributed by atoms with van der Waals surface area (Å²) < 4.78 is 16.2. The maximum absolute atomic E-state index is 13.1. The van der Waals surface area contributed by atoms with E-state index in [0.29, 0.717) is 30.8 Å². The van der Waals surface area contributed by atoms with Gasteiger partial charge >= 0.3 is 6.09 Å². The number of carbonyl (C=O) groups excluding carboxylic acids is 2. The fourth-order valence-corrected chi connectivity index (χ4v) is 4.85. The summed E-state index contributed by atoms with van der Waals surface area (Å²) in [5.74, 6) is 1.54. The second-order valence-corrected chi connectivity index (χ2v) is 8.36. The second kappa shape index (κ2) is 9.41. The highest BCUT2D eigenvalue weighted by Gasteiger charge is 2.45. The molecule has 2 unspecified atom stereocenters. The first kappa shape index (κ1) is 21.2. The minimum atomic E-state index is -0.264. The number of piperidine rings is 1. The zero-order valence-electron chi connectivity index (χ0n) is 18.1. The number of Topliss-reactive ketones (excluding diaryl/α,β-unsaturated/α-hetero) is 1. The molecular weight excluding hydrogens is 394 g/mol. The molecule has 0 saturated carbocycles. The number of amides is 1. The summed E-state index contributed by atoms with van der Waals surface area (Å²) in [6.07, 6.45) is 3.35. The third kappa shape index (κ3) is 4.84. The Labute approximate surface area is 183 Å². The number of nitrogens with zero attached hydrogens (tertiary/aromatic N) is 1. The third-order valence-electron chi connectivity index (χ3n) is 6.39. The van der Waals surface area contributed by atoms with Crippen LogP contribution >= 0.6 is 0 Å². The Hall–Kier alpha value is -3.02. The minimum Gasteiger partial charge on any atom is -0.497 e. The Kier molecular flexibility index (Phi) is 6.44. The van der Waals surface area contributed by atoms with Gasteiger partial charge in [0, 0.05) is 30.5 Å². The Bertz CT molecular complexity index is 893. The van der Waals surface area contributed by atoms with Crippen molar-refractivity contribution in [3.8, 4) is 11.5 Å². The lowest BCUT2D eigenvalue weighted by molar-refractivity contribution is -0.124. The zero-order valence-corrected chi connectivity index (χ0v) is 18.1. The standard InChI is InChI=1S/C25H29NO5/c1-29-22-10-18(11-23(15-22)30-2)12-24(27)19-13-20-8-9-21(14-19)26(20)25(28)31-16-17-6-4-3-5-7-17/h3-7,10-11,15,19-21H,8-9,12-14,16H2,1-2H3. The van der Waals surface area contributed by atoms with Gasteiger partial charge in [0.2, 0.25) is 0 Å². The summed E-state index contributed by atoms with van der Waals surface area (Å²) in [6, 6.07) is 15.4. The average Bonchev–Trinajstić information content (AvgIpc) is 3.06. The minimum absolute atomic E-state index is 0.0344. The largest absolute Gasteiger partial charge is 0.497 e. The first-order valence-electron chi connectivity index (χ1n) is 10.8. The highest BCUT2D eigenvalue weighted by molar-refractivity contribution is 5.84. The third-order valence-corrected chi connectivity index (χ3v) is 6.39. The number of methoxy groups -OCH3 is 2. The van der Waals surface area contributed by atoms with Crippen LogP contribution in [0.3, 0.4) is 0 Å². The van der Waals surface area contributed by atoms with Gasteiger partial charge in [-0.15, -0.1) is 0 Å². The maximum Gasteiger partial charge on any atom is 0.410 e. The lowest BCUT2D eigenvalue weighted by atomic mass is 9.85. The number of hydrogen-bond donors (Lipinski definition) is 0. The van der Waals surface area contributed by atoms with E-state index >= 15 is 0 Å². The van der Waals surface area contributed by atoms with Crippen LogP contribution in [-0.4, -0.2) is 43.1 Å². The van der Waals surface area contributed by atoms with Gasteiger partial charge in [0.05, 0.1) is 14.2 Å². The van der Waals surface area contributed by atoms with Crippen LogP contribution in [0.4, 0.5) is 4.79 Å². The molecule has 31 heavy (non-hydrogen) atoms. The Morgan fingerprint density at radius 2 is 1.52 bits per heavy atom. The van der Waals surface area contributed by atoms with Crippen molar-refractivity contribution < 1.29 is 23.8 Å². The summed E-state index contributed by atoms with van der Waals surface area (Å²) in [4.78, 5) is 27.7. The molecule has 0 spiro atoms. The molecular formula is C25H29NO5. The predicted molar refractivity (Wildman–Crippen MR) is 116 cm³/mol. The van der Waals surface area contributed by atoms with Crippen molar-refractivity contribution in [3.63, 3.8) is 0 Å². The molecule has 0 aromatic heterocycles. The van der Waals surface area contributed by atoms with Crippen LogP contribution in [0, 0.1) is 5.92 Å². The SMILES string of the molecule is COc1cc(CC(=O)C2CC3CCC(C2)N3C(=O)OCc2ccccc2)cc(OC)c1. The number of ether oxygens (including phenoxy) is 3. The first-order chi connectivity index (χ1) is 15.1. The van der Waals surface area contributed by atoms with Gasteiger partial charge in [0.1, 0.15) is 23.9 Å². The zero-order chi connectivity index (χ0) is 21.8. The molecule has 0 radical (unpaired) electrons. The predicted octanol–water partition coefficient (Wildman–Crippen LogP) is 4.40. The molecule has 2 aromatic rings. The molecule has 1 amide bonds. The molecule has 2 aliphatic heterocycles. The average molecular weight is 424 g/mol. The van der Waals surface area contributed by atoms with Crippen molar-refractivity contribution in [2.45, 2.75) is 50.8 Å². The highest BCUT2D eigenvalue weighted by atomic mass is 16.6. The van der Waals surface area contributed by atoms with Crippen molar-refractivity contribution in [3.05, 3.63) is 59.7 Å². The molecule has 6 heteroatoms. The van der Waals surface area contributed by atoms with Gasteiger partial charge in [-0.2, -0.15) is 0 Å². The summed E-state index contributed by atoms with van der Waals surface area (Å²) in [5, 5.41) is 0. The molecule has 2 bridgehead atoms. The van der Waals surface area contributed by atoms with Crippen LogP contribution in [0.25, 0.3) is 0 Å². The van der Waals surface area contributed by atoms with Crippen LogP contribution in [0.2, 0.25) is 0 Å². The fraction of sp³-hybridized carbons (Fsp3) is 0.440. The van der Waals surface area contributed by atoms with Crippen LogP contribution in [0.15, 0.2) is 48.5 Å². The molecule has 2 fully saturated rings. The summed E-state index contributed by atoms with van der Waals surface area (Å²) in [5.41, 5.74) is 1.86. The van der Waals surface area contributed by atoms with Gasteiger partial charge in [-0.05, 0) is 48.9 Å². The fourth-order valence-electron chi connectivity index (χ4n) is 4.85. The van der Waals surface area contributed by atoms with Gasteiger partial charge < -0.3 is 19.1 Å². The van der Waals surface area contributed by atoms with E-state index < -0.39 is 0 Å². The molecule has 0 N–H and O–H groups in total. The van der Waals surface area contributed by atoms with Crippen LogP contribution in [-0.2, 0) is 22.6 Å². The van der Waals surface area contributed by atoms with E-state index in [1.165, 1.54) is 0 Å². The summed E-state index contributed by atoms with van der Waals surface area (Å²) in [7, 11) is 3.20. The van der Waals surface area contributed by atoms with Crippen molar-refractivity contribution >= 4 is 11.9 Å². The van der Waals surface area contributed by atoms with Crippen molar-refractivity contribution in [1.29, 1.82) is 0 Å². The lowest BCUT2D eigenvalue weighted by Gasteiger charge is -2.37. The maximum atomic E-state index is 13.1. The van der Waals surface area contributed by atoms with Gasteiger partial charge in [-0.3, -0.25) is 4.79 Å². The number of benzene rings is 2. The molecule has 6 nitrogen and oxygen atoms in total. The first-order valence-corrected chi connectivity index (χ1v) is 10.8. The van der Waals surface area contributed by atoms with Crippen LogP contribution < -0.4 is 9.47 Å². The van der Waals surface area contributed by atoms with Gasteiger partial charge in [0.15, 0.2) is 0 Å². The van der Waals surface area contributed by atoms with Gasteiger partial charge in [0.25, 0.3) is 0 Å². The van der Waals surface area contributed by atoms with Crippen molar-refractivity contribution in [2.75, 3.05) is 14.2 Å². The van der Waals surface area contributed by atoms with E-state index in [-0.39, 0.29) is 36.5 Å². The molecule has 2 atom stereocenters. The van der Waals surface area contributed by atoms with Crippen LogP contribution in [0.5, 0.6) is 11.5 Å². The molecule has 164 valence electrons. The van der Waals surface area contributed by atoms with E-state index in [0.717, 1.165) is 24.0 Å². The summed E-state index contributed by atoms with van der Waals surface area (Å²) in [6.45, 7) is 0.273. The van der Waals surface area contributed by atoms with Crippen LogP contribution in [0.1, 0.15) is 36.8 Å².